The molecule has 3 rings (SSSR count). The molecule has 1 fully saturated rings. The Kier molecular flexibility index (Phi) is 7.12. The third kappa shape index (κ3) is 4.59. The molecule has 1 saturated heterocycles. The molecular weight excluding hydrogens is 477 g/mol. The third-order valence-corrected chi connectivity index (χ3v) is 6.18. The first-order chi connectivity index (χ1) is 15.2. The molecule has 12 heteroatoms. The first-order valence-corrected chi connectivity index (χ1v) is 10.5. The Hall–Kier alpha value is -3.01. The average molecular weight is 497 g/mol. The standard InChI is InChI=1S/C20H20Cl3N7O2/c21-13-5-11(30(8-24)9-25)1-2-12(13)20(32)28-10-3-4-29(7-10)15-6-14(22)17(23)16(18(15)31)19(26)27/h1-2,5-6,8-10,24-25,31H,3-4,7H2,(H3,26,27)(H,28,32). The Labute approximate surface area is 199 Å². The lowest BCUT2D eigenvalue weighted by Gasteiger charge is -2.22. The Morgan fingerprint density at radius 2 is 1.91 bits per heavy atom. The molecule has 32 heavy (non-hydrogen) atoms. The monoisotopic (exact) mass is 495 g/mol. The number of hydrogen-bond donors (Lipinski definition) is 6. The lowest BCUT2D eigenvalue weighted by Crippen LogP contribution is -2.37. The van der Waals surface area contributed by atoms with Crippen LogP contribution in [0.5, 0.6) is 5.75 Å². The van der Waals surface area contributed by atoms with Gasteiger partial charge in [0.05, 0.1) is 44.6 Å². The normalized spacial score (nSPS) is 15.3. The van der Waals surface area contributed by atoms with Gasteiger partial charge < -0.3 is 21.1 Å². The van der Waals surface area contributed by atoms with Gasteiger partial charge in [0, 0.05) is 24.8 Å². The SMILES string of the molecule is N=CN(C=N)c1ccc(C(=O)NC2CCN(c3cc(Cl)c(Cl)c(C(=N)N)c3O)C2)c(Cl)c1. The highest BCUT2D eigenvalue weighted by atomic mass is 35.5. The van der Waals surface area contributed by atoms with E-state index in [1.165, 1.54) is 23.1 Å². The number of hydrogen-bond acceptors (Lipinski definition) is 6. The number of nitrogens with two attached hydrogens (primary N) is 1. The molecule has 1 aliphatic heterocycles. The number of anilines is 2. The number of amides is 1. The smallest absolute Gasteiger partial charge is 0.253 e. The number of halogens is 3. The molecule has 0 saturated carbocycles. The summed E-state index contributed by atoms with van der Waals surface area (Å²) >= 11 is 18.5. The summed E-state index contributed by atoms with van der Waals surface area (Å²) in [4.78, 5) is 15.8. The molecule has 0 radical (unpaired) electrons. The van der Waals surface area contributed by atoms with Crippen LogP contribution in [0.3, 0.4) is 0 Å². The van der Waals surface area contributed by atoms with Crippen LogP contribution in [0.15, 0.2) is 24.3 Å². The summed E-state index contributed by atoms with van der Waals surface area (Å²) in [5, 5.41) is 36.1. The van der Waals surface area contributed by atoms with E-state index >= 15 is 0 Å². The van der Waals surface area contributed by atoms with Crippen LogP contribution < -0.4 is 20.9 Å². The van der Waals surface area contributed by atoms with Crippen molar-refractivity contribution in [3.05, 3.63) is 50.5 Å². The largest absolute Gasteiger partial charge is 0.505 e. The fraction of sp³-hybridized carbons (Fsp3) is 0.200. The van der Waals surface area contributed by atoms with Gasteiger partial charge in [-0.2, -0.15) is 0 Å². The van der Waals surface area contributed by atoms with Gasteiger partial charge in [0.15, 0.2) is 5.75 Å². The second-order valence-electron chi connectivity index (χ2n) is 7.06. The lowest BCUT2D eigenvalue weighted by atomic mass is 10.1. The summed E-state index contributed by atoms with van der Waals surface area (Å²) in [6.07, 6.45) is 2.52. The number of rotatable bonds is 7. The second-order valence-corrected chi connectivity index (χ2v) is 8.26. The van der Waals surface area contributed by atoms with Crippen molar-refractivity contribution in [3.8, 4) is 5.75 Å². The highest BCUT2D eigenvalue weighted by molar-refractivity contribution is 6.44. The highest BCUT2D eigenvalue weighted by Crippen LogP contribution is 2.41. The molecule has 2 aromatic carbocycles. The third-order valence-electron chi connectivity index (χ3n) is 5.08. The second kappa shape index (κ2) is 9.64. The van der Waals surface area contributed by atoms with Crippen LogP contribution in [0.4, 0.5) is 11.4 Å². The van der Waals surface area contributed by atoms with E-state index in [1.54, 1.807) is 6.07 Å². The summed E-state index contributed by atoms with van der Waals surface area (Å²) in [5.74, 6) is -1.00. The van der Waals surface area contributed by atoms with E-state index in [1.807, 2.05) is 4.90 Å². The van der Waals surface area contributed by atoms with Crippen LogP contribution in [0, 0.1) is 16.2 Å². The predicted molar refractivity (Wildman–Crippen MR) is 129 cm³/mol. The van der Waals surface area contributed by atoms with Crippen LogP contribution in [0.2, 0.25) is 15.1 Å². The minimum atomic E-state index is -0.400. The van der Waals surface area contributed by atoms with E-state index in [0.29, 0.717) is 30.9 Å². The van der Waals surface area contributed by atoms with Crippen LogP contribution >= 0.6 is 34.8 Å². The first-order valence-electron chi connectivity index (χ1n) is 9.38. The number of benzene rings is 2. The number of carbonyl (C=O) groups is 1. The van der Waals surface area contributed by atoms with Gasteiger partial charge in [-0.25, -0.2) is 0 Å². The van der Waals surface area contributed by atoms with Gasteiger partial charge in [-0.05, 0) is 30.7 Å². The number of phenolic OH excluding ortho intramolecular Hbond substituents is 1. The summed E-state index contributed by atoms with van der Waals surface area (Å²) in [6.45, 7) is 0.911. The van der Waals surface area contributed by atoms with Crippen LogP contribution in [0.25, 0.3) is 0 Å². The van der Waals surface area contributed by atoms with E-state index in [0.717, 1.165) is 12.7 Å². The van der Waals surface area contributed by atoms with Crippen LogP contribution in [-0.4, -0.2) is 48.7 Å². The molecule has 0 bridgehead atoms. The number of phenols is 1. The van der Waals surface area contributed by atoms with Crippen molar-refractivity contribution in [2.75, 3.05) is 22.9 Å². The van der Waals surface area contributed by atoms with Crippen molar-refractivity contribution in [1.29, 1.82) is 16.2 Å². The van der Waals surface area contributed by atoms with Crippen molar-refractivity contribution in [1.82, 2.24) is 5.32 Å². The molecule has 7 N–H and O–H groups in total. The number of carbonyl (C=O) groups excluding carboxylic acids is 1. The Bertz CT molecular complexity index is 1100. The van der Waals surface area contributed by atoms with E-state index in [9.17, 15) is 9.90 Å². The molecule has 1 unspecified atom stereocenters. The molecule has 168 valence electrons. The zero-order chi connectivity index (χ0) is 23.6. The summed E-state index contributed by atoms with van der Waals surface area (Å²) in [5.41, 5.74) is 6.63. The maximum atomic E-state index is 12.7. The number of amidine groups is 1. The Morgan fingerprint density at radius 3 is 2.50 bits per heavy atom. The molecule has 9 nitrogen and oxygen atoms in total. The summed E-state index contributed by atoms with van der Waals surface area (Å²) < 4.78 is 0. The van der Waals surface area contributed by atoms with Gasteiger partial charge in [-0.1, -0.05) is 34.8 Å². The van der Waals surface area contributed by atoms with Crippen molar-refractivity contribution in [2.24, 2.45) is 5.73 Å². The Morgan fingerprint density at radius 1 is 1.22 bits per heavy atom. The molecule has 1 atom stereocenters. The van der Waals surface area contributed by atoms with Gasteiger partial charge in [-0.15, -0.1) is 0 Å². The number of nitrogens with one attached hydrogen (secondary N) is 4. The highest BCUT2D eigenvalue weighted by Gasteiger charge is 2.29. The van der Waals surface area contributed by atoms with E-state index < -0.39 is 5.84 Å². The van der Waals surface area contributed by atoms with Crippen molar-refractivity contribution in [2.45, 2.75) is 12.5 Å². The maximum absolute atomic E-state index is 12.7. The van der Waals surface area contributed by atoms with Crippen molar-refractivity contribution < 1.29 is 9.90 Å². The fourth-order valence-corrected chi connectivity index (χ4v) is 4.19. The predicted octanol–water partition coefficient (Wildman–Crippen LogP) is 3.67. The molecule has 1 aliphatic rings. The molecule has 0 aromatic heterocycles. The molecule has 1 amide bonds. The number of nitrogen functional groups attached to an aromatic ring is 1. The first kappa shape index (κ1) is 23.6. The minimum Gasteiger partial charge on any atom is -0.505 e. The van der Waals surface area contributed by atoms with Gasteiger partial charge in [0.1, 0.15) is 5.84 Å². The fourth-order valence-electron chi connectivity index (χ4n) is 3.49. The molecular formula is C20H20Cl3N7O2. The van der Waals surface area contributed by atoms with Gasteiger partial charge in [0.2, 0.25) is 0 Å². The molecule has 2 aromatic rings. The molecule has 0 spiro atoms. The van der Waals surface area contributed by atoms with E-state index in [-0.39, 0.29) is 43.9 Å². The minimum absolute atomic E-state index is 0.00662. The van der Waals surface area contributed by atoms with Crippen molar-refractivity contribution in [3.63, 3.8) is 0 Å². The van der Waals surface area contributed by atoms with Crippen LogP contribution in [-0.2, 0) is 0 Å². The topological polar surface area (TPSA) is 153 Å². The van der Waals surface area contributed by atoms with Crippen molar-refractivity contribution >= 4 is 70.6 Å². The number of nitrogens with zero attached hydrogens (tertiary/aromatic N) is 2. The zero-order valence-electron chi connectivity index (χ0n) is 16.6. The zero-order valence-corrected chi connectivity index (χ0v) is 18.9. The number of aromatic hydroxyl groups is 1. The van der Waals surface area contributed by atoms with Gasteiger partial charge >= 0.3 is 0 Å². The summed E-state index contributed by atoms with van der Waals surface area (Å²) in [6, 6.07) is 5.90. The van der Waals surface area contributed by atoms with Gasteiger partial charge in [-0.3, -0.25) is 25.9 Å². The van der Waals surface area contributed by atoms with E-state index in [2.05, 4.69) is 5.32 Å². The maximum Gasteiger partial charge on any atom is 0.253 e. The Balaban J connectivity index is 1.75. The quantitative estimate of drug-likeness (QED) is 0.255. The summed E-state index contributed by atoms with van der Waals surface area (Å²) in [7, 11) is 0. The molecule has 0 aliphatic carbocycles. The van der Waals surface area contributed by atoms with E-state index in [4.69, 9.17) is 56.8 Å². The lowest BCUT2D eigenvalue weighted by molar-refractivity contribution is 0.0940. The average Bonchev–Trinajstić information content (AvgIpc) is 3.19. The van der Waals surface area contributed by atoms with Gasteiger partial charge in [0.25, 0.3) is 5.91 Å². The van der Waals surface area contributed by atoms with Crippen LogP contribution in [0.1, 0.15) is 22.3 Å². The molecule has 1 heterocycles.